The van der Waals surface area contributed by atoms with Crippen LogP contribution < -0.4 is 10.9 Å². The minimum absolute atomic E-state index is 0.0909. The van der Waals surface area contributed by atoms with Crippen LogP contribution in [-0.4, -0.2) is 26.6 Å². The van der Waals surface area contributed by atoms with Crippen LogP contribution in [0.2, 0.25) is 0 Å². The summed E-state index contributed by atoms with van der Waals surface area (Å²) in [5.74, 6) is 1.21. The Balaban J connectivity index is 1.39. The van der Waals surface area contributed by atoms with E-state index in [1.165, 1.54) is 11.8 Å². The van der Waals surface area contributed by atoms with E-state index in [1.54, 1.807) is 6.07 Å². The molecule has 0 spiro atoms. The van der Waals surface area contributed by atoms with Crippen LogP contribution in [0.3, 0.4) is 0 Å². The molecule has 4 rings (SSSR count). The smallest absolute Gasteiger partial charge is 0.258 e. The van der Waals surface area contributed by atoms with Crippen LogP contribution in [0.4, 0.5) is 5.69 Å². The molecule has 130 valence electrons. The molecule has 2 aromatic heterocycles. The first-order chi connectivity index (χ1) is 12.7. The van der Waals surface area contributed by atoms with Gasteiger partial charge in [-0.05, 0) is 30.3 Å². The summed E-state index contributed by atoms with van der Waals surface area (Å²) in [6, 6.07) is 14.9. The number of H-pyrrole nitrogens is 2. The number of carbonyl (C=O) groups excluding carboxylic acids is 1. The summed E-state index contributed by atoms with van der Waals surface area (Å²) in [7, 11) is 0. The van der Waals surface area contributed by atoms with Crippen LogP contribution in [-0.2, 0) is 10.5 Å². The van der Waals surface area contributed by atoms with Crippen LogP contribution in [0.15, 0.2) is 59.5 Å². The molecule has 2 aromatic carbocycles. The number of hydrogen-bond donors (Lipinski definition) is 3. The molecule has 0 unspecified atom stereocenters. The molecule has 0 radical (unpaired) electrons. The Labute approximate surface area is 153 Å². The average Bonchev–Trinajstić information content (AvgIpc) is 3.12. The summed E-state index contributed by atoms with van der Waals surface area (Å²) in [6.07, 6.45) is 1.84. The molecular weight excluding hydrogens is 348 g/mol. The van der Waals surface area contributed by atoms with E-state index < -0.39 is 0 Å². The number of rotatable bonds is 5. The fraction of sp³-hybridized carbons (Fsp3) is 0.105. The summed E-state index contributed by atoms with van der Waals surface area (Å²) in [5.41, 5.74) is 2.27. The molecule has 0 saturated carbocycles. The van der Waals surface area contributed by atoms with Gasteiger partial charge in [0.25, 0.3) is 5.56 Å². The number of carbonyl (C=O) groups is 1. The van der Waals surface area contributed by atoms with Gasteiger partial charge in [0.05, 0.1) is 28.1 Å². The maximum atomic E-state index is 12.2. The highest BCUT2D eigenvalue weighted by atomic mass is 32.2. The van der Waals surface area contributed by atoms with Crippen LogP contribution in [0.1, 0.15) is 5.82 Å². The number of nitrogens with one attached hydrogen (secondary N) is 3. The highest BCUT2D eigenvalue weighted by molar-refractivity contribution is 7.99. The van der Waals surface area contributed by atoms with Gasteiger partial charge in [-0.3, -0.25) is 9.59 Å². The predicted octanol–water partition coefficient (Wildman–Crippen LogP) is 3.28. The van der Waals surface area contributed by atoms with Crippen molar-refractivity contribution in [3.05, 3.63) is 70.9 Å². The zero-order valence-electron chi connectivity index (χ0n) is 13.8. The van der Waals surface area contributed by atoms with Crippen molar-refractivity contribution < 1.29 is 4.79 Å². The molecule has 26 heavy (non-hydrogen) atoms. The van der Waals surface area contributed by atoms with Gasteiger partial charge in [0.15, 0.2) is 0 Å². The Morgan fingerprint density at radius 2 is 1.96 bits per heavy atom. The lowest BCUT2D eigenvalue weighted by Crippen LogP contribution is -2.15. The third kappa shape index (κ3) is 3.34. The number of amides is 1. The number of anilines is 1. The van der Waals surface area contributed by atoms with Crippen LogP contribution in [0.25, 0.3) is 21.8 Å². The van der Waals surface area contributed by atoms with Gasteiger partial charge in [-0.2, -0.15) is 0 Å². The van der Waals surface area contributed by atoms with Crippen molar-refractivity contribution in [3.63, 3.8) is 0 Å². The normalized spacial score (nSPS) is 11.1. The number of thioether (sulfide) groups is 1. The largest absolute Gasteiger partial charge is 0.361 e. The third-order valence-corrected chi connectivity index (χ3v) is 4.95. The van der Waals surface area contributed by atoms with E-state index in [9.17, 15) is 9.59 Å². The van der Waals surface area contributed by atoms with Gasteiger partial charge >= 0.3 is 0 Å². The molecular formula is C19H16N4O2S. The lowest BCUT2D eigenvalue weighted by Gasteiger charge is -2.07. The third-order valence-electron chi connectivity index (χ3n) is 4.00. The van der Waals surface area contributed by atoms with Gasteiger partial charge in [-0.25, -0.2) is 4.98 Å². The Morgan fingerprint density at radius 1 is 1.08 bits per heavy atom. The van der Waals surface area contributed by atoms with Crippen molar-refractivity contribution in [2.45, 2.75) is 5.75 Å². The summed E-state index contributed by atoms with van der Waals surface area (Å²) in [6.45, 7) is 0. The maximum absolute atomic E-state index is 12.2. The first kappa shape index (κ1) is 16.4. The highest BCUT2D eigenvalue weighted by Gasteiger charge is 2.08. The van der Waals surface area contributed by atoms with Gasteiger partial charge in [0.1, 0.15) is 5.82 Å². The zero-order chi connectivity index (χ0) is 17.9. The number of para-hydroxylation sites is 1. The Bertz CT molecular complexity index is 1150. The second kappa shape index (κ2) is 7.05. The Kier molecular flexibility index (Phi) is 4.45. The van der Waals surface area contributed by atoms with E-state index >= 15 is 0 Å². The molecule has 3 N–H and O–H groups in total. The van der Waals surface area contributed by atoms with Crippen molar-refractivity contribution in [1.82, 2.24) is 15.0 Å². The van der Waals surface area contributed by atoms with E-state index in [0.29, 0.717) is 22.5 Å². The number of nitrogens with zero attached hydrogens (tertiary/aromatic N) is 1. The number of hydrogen-bond acceptors (Lipinski definition) is 4. The minimum Gasteiger partial charge on any atom is -0.361 e. The summed E-state index contributed by atoms with van der Waals surface area (Å²) in [5, 5.41) is 4.47. The molecule has 0 aliphatic carbocycles. The number of aromatic nitrogens is 3. The van der Waals surface area contributed by atoms with Crippen molar-refractivity contribution in [2.75, 3.05) is 11.1 Å². The second-order valence-corrected chi connectivity index (χ2v) is 6.80. The molecule has 1 amide bonds. The molecule has 0 fully saturated rings. The first-order valence-electron chi connectivity index (χ1n) is 8.12. The minimum atomic E-state index is -0.158. The van der Waals surface area contributed by atoms with Gasteiger partial charge in [0.2, 0.25) is 5.91 Å². The molecule has 0 aliphatic rings. The van der Waals surface area contributed by atoms with E-state index in [4.69, 9.17) is 0 Å². The average molecular weight is 364 g/mol. The van der Waals surface area contributed by atoms with Crippen molar-refractivity contribution in [1.29, 1.82) is 0 Å². The number of aromatic amines is 2. The Morgan fingerprint density at radius 3 is 2.88 bits per heavy atom. The van der Waals surface area contributed by atoms with E-state index in [-0.39, 0.29) is 17.2 Å². The monoisotopic (exact) mass is 364 g/mol. The fourth-order valence-corrected chi connectivity index (χ4v) is 3.51. The second-order valence-electron chi connectivity index (χ2n) is 5.82. The standard InChI is InChI=1S/C19H16N4O2S/c24-18(22-15-7-3-6-14-12(15)8-9-20-14)11-26-10-17-21-16-5-2-1-4-13(16)19(25)23-17/h1-9,20H,10-11H2,(H,22,24)(H,21,23,25). The first-order valence-corrected chi connectivity index (χ1v) is 9.28. The fourth-order valence-electron chi connectivity index (χ4n) is 2.82. The molecule has 6 nitrogen and oxygen atoms in total. The number of fused-ring (bicyclic) bond motifs is 2. The molecule has 0 atom stereocenters. The maximum Gasteiger partial charge on any atom is 0.258 e. The van der Waals surface area contributed by atoms with Gasteiger partial charge in [-0.1, -0.05) is 18.2 Å². The summed E-state index contributed by atoms with van der Waals surface area (Å²) < 4.78 is 0. The lowest BCUT2D eigenvalue weighted by molar-refractivity contribution is -0.113. The van der Waals surface area contributed by atoms with Gasteiger partial charge < -0.3 is 15.3 Å². The molecule has 7 heteroatoms. The predicted molar refractivity (Wildman–Crippen MR) is 105 cm³/mol. The van der Waals surface area contributed by atoms with E-state index in [1.807, 2.05) is 48.7 Å². The zero-order valence-corrected chi connectivity index (χ0v) is 14.6. The van der Waals surface area contributed by atoms with E-state index in [0.717, 1.165) is 16.6 Å². The quantitative estimate of drug-likeness (QED) is 0.507. The molecule has 0 bridgehead atoms. The SMILES string of the molecule is O=C(CSCc1nc2ccccc2c(=O)[nH]1)Nc1cccc2[nH]ccc12. The van der Waals surface area contributed by atoms with Crippen LogP contribution in [0.5, 0.6) is 0 Å². The van der Waals surface area contributed by atoms with E-state index in [2.05, 4.69) is 20.3 Å². The lowest BCUT2D eigenvalue weighted by atomic mass is 10.2. The van der Waals surface area contributed by atoms with Crippen LogP contribution >= 0.6 is 11.8 Å². The molecule has 4 aromatic rings. The van der Waals surface area contributed by atoms with Crippen molar-refractivity contribution >= 4 is 45.2 Å². The van der Waals surface area contributed by atoms with Gasteiger partial charge in [-0.15, -0.1) is 11.8 Å². The summed E-state index contributed by atoms with van der Waals surface area (Å²) >= 11 is 1.41. The van der Waals surface area contributed by atoms with Crippen molar-refractivity contribution in [3.8, 4) is 0 Å². The Hall–Kier alpha value is -3.06. The van der Waals surface area contributed by atoms with Gasteiger partial charge in [0, 0.05) is 17.1 Å². The summed E-state index contributed by atoms with van der Waals surface area (Å²) in [4.78, 5) is 34.6. The molecule has 2 heterocycles. The number of benzene rings is 2. The topological polar surface area (TPSA) is 90.6 Å². The highest BCUT2D eigenvalue weighted by Crippen LogP contribution is 2.22. The van der Waals surface area contributed by atoms with Crippen LogP contribution in [0, 0.1) is 0 Å². The molecule has 0 aliphatic heterocycles. The molecule has 0 saturated heterocycles. The van der Waals surface area contributed by atoms with Crippen molar-refractivity contribution in [2.24, 2.45) is 0 Å².